The molecule has 112 valence electrons. The van der Waals surface area contributed by atoms with E-state index in [2.05, 4.69) is 15.5 Å². The lowest BCUT2D eigenvalue weighted by Crippen LogP contribution is -2.16. The Kier molecular flexibility index (Phi) is 4.52. The van der Waals surface area contributed by atoms with Gasteiger partial charge in [-0.2, -0.15) is 5.10 Å². The lowest BCUT2D eigenvalue weighted by molar-refractivity contribution is 0.0681. The number of aromatic nitrogens is 2. The number of rotatable bonds is 6. The molecule has 3 rings (SSSR count). The minimum atomic E-state index is 0.220. The van der Waals surface area contributed by atoms with Gasteiger partial charge in [0.05, 0.1) is 11.8 Å². The first-order chi connectivity index (χ1) is 10.4. The van der Waals surface area contributed by atoms with E-state index in [9.17, 15) is 0 Å². The summed E-state index contributed by atoms with van der Waals surface area (Å²) in [5.74, 6) is 0.857. The van der Waals surface area contributed by atoms with E-state index < -0.39 is 0 Å². The van der Waals surface area contributed by atoms with Gasteiger partial charge in [-0.1, -0.05) is 12.1 Å². The highest BCUT2D eigenvalue weighted by Crippen LogP contribution is 2.29. The number of para-hydroxylation sites is 1. The molecule has 21 heavy (non-hydrogen) atoms. The maximum Gasteiger partial charge on any atom is 0.128 e. The Labute approximate surface area is 124 Å². The Balaban J connectivity index is 1.74. The molecule has 0 bridgehead atoms. The first-order valence-corrected chi connectivity index (χ1v) is 7.39. The van der Waals surface area contributed by atoms with Gasteiger partial charge in [0.2, 0.25) is 0 Å². The number of hydrogen-bond donors (Lipinski definition) is 2. The van der Waals surface area contributed by atoms with E-state index in [1.807, 2.05) is 37.4 Å². The highest BCUT2D eigenvalue weighted by Gasteiger charge is 2.17. The first kappa shape index (κ1) is 14.1. The SMILES string of the molecule is CNCc1cc(-c2ccccc2OCC2CCCO2)n[nH]1. The number of nitrogens with zero attached hydrogens (tertiary/aromatic N) is 1. The van der Waals surface area contributed by atoms with Crippen molar-refractivity contribution in [3.05, 3.63) is 36.0 Å². The summed E-state index contributed by atoms with van der Waals surface area (Å²) in [6.45, 7) is 2.22. The van der Waals surface area contributed by atoms with Gasteiger partial charge in [0.25, 0.3) is 0 Å². The van der Waals surface area contributed by atoms with Gasteiger partial charge in [0, 0.05) is 24.4 Å². The third-order valence-electron chi connectivity index (χ3n) is 3.61. The first-order valence-electron chi connectivity index (χ1n) is 7.39. The van der Waals surface area contributed by atoms with Crippen molar-refractivity contribution in [2.45, 2.75) is 25.5 Å². The lowest BCUT2D eigenvalue weighted by Gasteiger charge is -2.13. The molecule has 1 aliphatic rings. The predicted molar refractivity (Wildman–Crippen MR) is 81.3 cm³/mol. The molecule has 0 aliphatic carbocycles. The monoisotopic (exact) mass is 287 g/mol. The third-order valence-corrected chi connectivity index (χ3v) is 3.61. The molecule has 1 atom stereocenters. The summed E-state index contributed by atoms with van der Waals surface area (Å²) in [6.07, 6.45) is 2.43. The van der Waals surface area contributed by atoms with Gasteiger partial charge in [-0.15, -0.1) is 0 Å². The summed E-state index contributed by atoms with van der Waals surface area (Å²) in [7, 11) is 1.92. The Bertz CT molecular complexity index is 576. The second kappa shape index (κ2) is 6.74. The molecule has 2 heterocycles. The average Bonchev–Trinajstić information content (AvgIpc) is 3.17. The summed E-state index contributed by atoms with van der Waals surface area (Å²) in [4.78, 5) is 0. The normalized spacial score (nSPS) is 18.0. The van der Waals surface area contributed by atoms with Crippen molar-refractivity contribution in [3.63, 3.8) is 0 Å². The molecule has 1 saturated heterocycles. The molecule has 1 fully saturated rings. The molecule has 2 aromatic rings. The van der Waals surface area contributed by atoms with Crippen LogP contribution in [0.25, 0.3) is 11.3 Å². The largest absolute Gasteiger partial charge is 0.490 e. The zero-order valence-electron chi connectivity index (χ0n) is 12.3. The Morgan fingerprint density at radius 3 is 3.14 bits per heavy atom. The van der Waals surface area contributed by atoms with E-state index >= 15 is 0 Å². The van der Waals surface area contributed by atoms with Crippen molar-refractivity contribution >= 4 is 0 Å². The van der Waals surface area contributed by atoms with Crippen LogP contribution in [-0.2, 0) is 11.3 Å². The van der Waals surface area contributed by atoms with Gasteiger partial charge in [-0.25, -0.2) is 0 Å². The van der Waals surface area contributed by atoms with Gasteiger partial charge < -0.3 is 14.8 Å². The van der Waals surface area contributed by atoms with Crippen LogP contribution >= 0.6 is 0 Å². The lowest BCUT2D eigenvalue weighted by atomic mass is 10.1. The molecule has 1 aromatic carbocycles. The van der Waals surface area contributed by atoms with Gasteiger partial charge in [0.1, 0.15) is 12.4 Å². The van der Waals surface area contributed by atoms with Crippen LogP contribution in [0.2, 0.25) is 0 Å². The number of hydrogen-bond acceptors (Lipinski definition) is 4. The second-order valence-corrected chi connectivity index (χ2v) is 5.25. The van der Waals surface area contributed by atoms with E-state index in [1.165, 1.54) is 0 Å². The standard InChI is InChI=1S/C16H21N3O2/c1-17-10-12-9-15(19-18-12)14-6-2-3-7-16(14)21-11-13-5-4-8-20-13/h2-3,6-7,9,13,17H,4-5,8,10-11H2,1H3,(H,18,19). The molecule has 5 heteroatoms. The van der Waals surface area contributed by atoms with Crippen molar-refractivity contribution in [2.24, 2.45) is 0 Å². The van der Waals surface area contributed by atoms with Crippen LogP contribution < -0.4 is 10.1 Å². The molecule has 1 aliphatic heterocycles. The fraction of sp³-hybridized carbons (Fsp3) is 0.438. The number of ether oxygens (including phenoxy) is 2. The summed E-state index contributed by atoms with van der Waals surface area (Å²) < 4.78 is 11.6. The van der Waals surface area contributed by atoms with Crippen LogP contribution in [0.1, 0.15) is 18.5 Å². The van der Waals surface area contributed by atoms with Crippen molar-refractivity contribution in [3.8, 4) is 17.0 Å². The Morgan fingerprint density at radius 2 is 2.33 bits per heavy atom. The van der Waals surface area contributed by atoms with Crippen LogP contribution in [0.5, 0.6) is 5.75 Å². The number of benzene rings is 1. The fourth-order valence-corrected chi connectivity index (χ4v) is 2.54. The van der Waals surface area contributed by atoms with Crippen LogP contribution in [0, 0.1) is 0 Å². The van der Waals surface area contributed by atoms with Gasteiger partial charge in [-0.3, -0.25) is 5.10 Å². The van der Waals surface area contributed by atoms with Gasteiger partial charge in [0.15, 0.2) is 0 Å². The van der Waals surface area contributed by atoms with E-state index in [-0.39, 0.29) is 6.10 Å². The quantitative estimate of drug-likeness (QED) is 0.856. The van der Waals surface area contributed by atoms with Gasteiger partial charge >= 0.3 is 0 Å². The molecule has 0 spiro atoms. The van der Waals surface area contributed by atoms with Crippen molar-refractivity contribution in [1.29, 1.82) is 0 Å². The van der Waals surface area contributed by atoms with E-state index in [1.54, 1.807) is 0 Å². The Hall–Kier alpha value is -1.85. The van der Waals surface area contributed by atoms with Gasteiger partial charge in [-0.05, 0) is 38.1 Å². The van der Waals surface area contributed by atoms with Crippen LogP contribution in [0.3, 0.4) is 0 Å². The highest BCUT2D eigenvalue weighted by molar-refractivity contribution is 5.67. The van der Waals surface area contributed by atoms with E-state index in [4.69, 9.17) is 9.47 Å². The number of nitrogens with one attached hydrogen (secondary N) is 2. The third kappa shape index (κ3) is 3.43. The number of aromatic amines is 1. The molecule has 1 aromatic heterocycles. The minimum absolute atomic E-state index is 0.220. The summed E-state index contributed by atoms with van der Waals surface area (Å²) in [6, 6.07) is 10.0. The van der Waals surface area contributed by atoms with Crippen molar-refractivity contribution in [1.82, 2.24) is 15.5 Å². The van der Waals surface area contributed by atoms with Crippen LogP contribution in [0.4, 0.5) is 0 Å². The maximum atomic E-state index is 5.95. The number of H-pyrrole nitrogens is 1. The van der Waals surface area contributed by atoms with Crippen LogP contribution in [-0.4, -0.2) is 36.6 Å². The molecule has 2 N–H and O–H groups in total. The van der Waals surface area contributed by atoms with Crippen LogP contribution in [0.15, 0.2) is 30.3 Å². The minimum Gasteiger partial charge on any atom is -0.490 e. The van der Waals surface area contributed by atoms with E-state index in [0.717, 1.165) is 48.7 Å². The summed E-state index contributed by atoms with van der Waals surface area (Å²) in [5.41, 5.74) is 2.97. The smallest absolute Gasteiger partial charge is 0.128 e. The predicted octanol–water partition coefficient (Wildman–Crippen LogP) is 2.35. The fourth-order valence-electron chi connectivity index (χ4n) is 2.54. The highest BCUT2D eigenvalue weighted by atomic mass is 16.5. The second-order valence-electron chi connectivity index (χ2n) is 5.25. The summed E-state index contributed by atoms with van der Waals surface area (Å²) in [5, 5.41) is 10.5. The molecular formula is C16H21N3O2. The zero-order chi connectivity index (χ0) is 14.5. The maximum absolute atomic E-state index is 5.95. The Morgan fingerprint density at radius 1 is 1.43 bits per heavy atom. The van der Waals surface area contributed by atoms with E-state index in [0.29, 0.717) is 6.61 Å². The molecule has 0 radical (unpaired) electrons. The van der Waals surface area contributed by atoms with Crippen molar-refractivity contribution < 1.29 is 9.47 Å². The average molecular weight is 287 g/mol. The zero-order valence-corrected chi connectivity index (χ0v) is 12.3. The van der Waals surface area contributed by atoms with Crippen molar-refractivity contribution in [2.75, 3.05) is 20.3 Å². The molecular weight excluding hydrogens is 266 g/mol. The molecule has 0 saturated carbocycles. The topological polar surface area (TPSA) is 59.2 Å². The summed E-state index contributed by atoms with van der Waals surface area (Å²) >= 11 is 0. The molecule has 5 nitrogen and oxygen atoms in total. The molecule has 1 unspecified atom stereocenters. The molecule has 0 amide bonds.